The number of esters is 1. The predicted octanol–water partition coefficient (Wildman–Crippen LogP) is 2.55. The van der Waals surface area contributed by atoms with Crippen LogP contribution in [0.25, 0.3) is 0 Å². The van der Waals surface area contributed by atoms with Crippen molar-refractivity contribution in [1.29, 1.82) is 0 Å². The number of nitrogen functional groups attached to an aromatic ring is 1. The maximum Gasteiger partial charge on any atom is 0.340 e. The highest BCUT2D eigenvalue weighted by atomic mass is 16.5. The Bertz CT molecular complexity index is 461. The highest BCUT2D eigenvalue weighted by molar-refractivity contribution is 5.98. The lowest BCUT2D eigenvalue weighted by molar-refractivity contribution is 0.0527. The minimum absolute atomic E-state index is 0.335. The monoisotopic (exact) mass is 294 g/mol. The second-order valence-electron chi connectivity index (χ2n) is 5.29. The van der Waals surface area contributed by atoms with E-state index in [1.165, 1.54) is 0 Å². The van der Waals surface area contributed by atoms with Crippen LogP contribution in [0.4, 0.5) is 11.4 Å². The smallest absolute Gasteiger partial charge is 0.340 e. The van der Waals surface area contributed by atoms with E-state index in [-0.39, 0.29) is 5.97 Å². The molecule has 0 fully saturated rings. The highest BCUT2D eigenvalue weighted by Crippen LogP contribution is 2.28. The van der Waals surface area contributed by atoms with Gasteiger partial charge in [-0.05, 0) is 25.0 Å². The molecular formula is C16H26N2O3. The van der Waals surface area contributed by atoms with E-state index in [4.69, 9.17) is 15.2 Å². The van der Waals surface area contributed by atoms with Gasteiger partial charge in [-0.3, -0.25) is 0 Å². The summed E-state index contributed by atoms with van der Waals surface area (Å²) in [5.74, 6) is 0.0978. The Labute approximate surface area is 127 Å². The van der Waals surface area contributed by atoms with E-state index < -0.39 is 0 Å². The molecule has 0 atom stereocenters. The SMILES string of the molecule is CCOC(=O)c1cccc(N(CCOC)CC(C)C)c1N. The lowest BCUT2D eigenvalue weighted by Crippen LogP contribution is -2.32. The van der Waals surface area contributed by atoms with Gasteiger partial charge in [0.15, 0.2) is 0 Å². The van der Waals surface area contributed by atoms with Crippen molar-refractivity contribution in [3.8, 4) is 0 Å². The molecule has 1 aromatic rings. The Balaban J connectivity index is 3.07. The van der Waals surface area contributed by atoms with Crippen molar-refractivity contribution in [3.05, 3.63) is 23.8 Å². The second kappa shape index (κ2) is 8.52. The number of rotatable bonds is 8. The first-order chi connectivity index (χ1) is 10.0. The standard InChI is InChI=1S/C16H26N2O3/c1-5-21-16(19)13-7-6-8-14(15(13)17)18(9-10-20-4)11-12(2)3/h6-8,12H,5,9-11,17H2,1-4H3. The van der Waals surface area contributed by atoms with Crippen LogP contribution in [-0.4, -0.2) is 39.4 Å². The van der Waals surface area contributed by atoms with Crippen molar-refractivity contribution in [2.24, 2.45) is 5.92 Å². The normalized spacial score (nSPS) is 10.7. The summed E-state index contributed by atoms with van der Waals surface area (Å²) in [6.45, 7) is 8.58. The first kappa shape index (κ1) is 17.3. The van der Waals surface area contributed by atoms with E-state index in [1.54, 1.807) is 20.1 Å². The largest absolute Gasteiger partial charge is 0.462 e. The van der Waals surface area contributed by atoms with Crippen molar-refractivity contribution < 1.29 is 14.3 Å². The fourth-order valence-corrected chi connectivity index (χ4v) is 2.17. The number of carbonyl (C=O) groups excluding carboxylic acids is 1. The third-order valence-corrected chi connectivity index (χ3v) is 3.07. The lowest BCUT2D eigenvalue weighted by atomic mass is 10.1. The van der Waals surface area contributed by atoms with Crippen molar-refractivity contribution in [3.63, 3.8) is 0 Å². The molecule has 118 valence electrons. The van der Waals surface area contributed by atoms with Crippen LogP contribution in [0.3, 0.4) is 0 Å². The zero-order chi connectivity index (χ0) is 15.8. The first-order valence-electron chi connectivity index (χ1n) is 7.30. The van der Waals surface area contributed by atoms with E-state index in [0.717, 1.165) is 18.8 Å². The van der Waals surface area contributed by atoms with Crippen LogP contribution >= 0.6 is 0 Å². The minimum atomic E-state index is -0.381. The third-order valence-electron chi connectivity index (χ3n) is 3.07. The molecule has 5 heteroatoms. The van der Waals surface area contributed by atoms with Crippen LogP contribution in [0.2, 0.25) is 0 Å². The summed E-state index contributed by atoms with van der Waals surface area (Å²) in [6.07, 6.45) is 0. The Hall–Kier alpha value is -1.75. The number of carbonyl (C=O) groups is 1. The number of hydrogen-bond acceptors (Lipinski definition) is 5. The van der Waals surface area contributed by atoms with Crippen molar-refractivity contribution in [1.82, 2.24) is 0 Å². The molecule has 0 saturated heterocycles. The zero-order valence-corrected chi connectivity index (χ0v) is 13.4. The molecule has 0 heterocycles. The van der Waals surface area contributed by atoms with E-state index in [0.29, 0.717) is 30.4 Å². The maximum absolute atomic E-state index is 11.9. The van der Waals surface area contributed by atoms with Gasteiger partial charge in [0.1, 0.15) is 0 Å². The predicted molar refractivity (Wildman–Crippen MR) is 85.7 cm³/mol. The fraction of sp³-hybridized carbons (Fsp3) is 0.562. The molecule has 21 heavy (non-hydrogen) atoms. The average molecular weight is 294 g/mol. The van der Waals surface area contributed by atoms with Gasteiger partial charge < -0.3 is 20.1 Å². The highest BCUT2D eigenvalue weighted by Gasteiger charge is 2.17. The van der Waals surface area contributed by atoms with Crippen molar-refractivity contribution in [2.45, 2.75) is 20.8 Å². The van der Waals surface area contributed by atoms with E-state index in [9.17, 15) is 4.79 Å². The summed E-state index contributed by atoms with van der Waals surface area (Å²) < 4.78 is 10.2. The molecule has 1 rings (SSSR count). The number of anilines is 2. The van der Waals surface area contributed by atoms with Crippen LogP contribution in [-0.2, 0) is 9.47 Å². The van der Waals surface area contributed by atoms with Crippen LogP contribution in [0.1, 0.15) is 31.1 Å². The summed E-state index contributed by atoms with van der Waals surface area (Å²) in [7, 11) is 1.67. The van der Waals surface area contributed by atoms with Gasteiger partial charge in [0.25, 0.3) is 0 Å². The van der Waals surface area contributed by atoms with E-state index in [1.807, 2.05) is 12.1 Å². The minimum Gasteiger partial charge on any atom is -0.462 e. The van der Waals surface area contributed by atoms with Crippen LogP contribution < -0.4 is 10.6 Å². The van der Waals surface area contributed by atoms with Gasteiger partial charge in [0, 0.05) is 20.2 Å². The molecule has 0 radical (unpaired) electrons. The third kappa shape index (κ3) is 4.93. The molecule has 0 unspecified atom stereocenters. The number of nitrogens with two attached hydrogens (primary N) is 1. The molecule has 0 spiro atoms. The average Bonchev–Trinajstić information content (AvgIpc) is 2.43. The Morgan fingerprint density at radius 3 is 2.67 bits per heavy atom. The summed E-state index contributed by atoms with van der Waals surface area (Å²) in [5.41, 5.74) is 7.92. The van der Waals surface area contributed by atoms with Crippen molar-refractivity contribution in [2.75, 3.05) is 44.0 Å². The maximum atomic E-state index is 11.9. The van der Waals surface area contributed by atoms with Gasteiger partial charge in [-0.15, -0.1) is 0 Å². The van der Waals surface area contributed by atoms with E-state index in [2.05, 4.69) is 18.7 Å². The molecule has 0 aliphatic heterocycles. The Morgan fingerprint density at radius 2 is 2.10 bits per heavy atom. The first-order valence-corrected chi connectivity index (χ1v) is 7.30. The summed E-state index contributed by atoms with van der Waals surface area (Å²) in [5, 5.41) is 0. The molecule has 1 aromatic carbocycles. The topological polar surface area (TPSA) is 64.8 Å². The summed E-state index contributed by atoms with van der Waals surface area (Å²) in [4.78, 5) is 14.1. The second-order valence-corrected chi connectivity index (χ2v) is 5.29. The Kier molecular flexibility index (Phi) is 7.02. The van der Waals surface area contributed by atoms with Gasteiger partial charge in [-0.2, -0.15) is 0 Å². The van der Waals surface area contributed by atoms with Crippen LogP contribution in [0.15, 0.2) is 18.2 Å². The van der Waals surface area contributed by atoms with E-state index >= 15 is 0 Å². The molecule has 0 aromatic heterocycles. The van der Waals surface area contributed by atoms with Gasteiger partial charge in [0.2, 0.25) is 0 Å². The number of nitrogens with zero attached hydrogens (tertiary/aromatic N) is 1. The molecule has 0 amide bonds. The van der Waals surface area contributed by atoms with Crippen LogP contribution in [0, 0.1) is 5.92 Å². The molecule has 5 nitrogen and oxygen atoms in total. The van der Waals surface area contributed by atoms with Gasteiger partial charge >= 0.3 is 5.97 Å². The molecule has 0 saturated carbocycles. The van der Waals surface area contributed by atoms with Crippen molar-refractivity contribution >= 4 is 17.3 Å². The quantitative estimate of drug-likeness (QED) is 0.589. The lowest BCUT2D eigenvalue weighted by Gasteiger charge is -2.28. The fourth-order valence-electron chi connectivity index (χ4n) is 2.17. The number of para-hydroxylation sites is 1. The molecule has 0 bridgehead atoms. The molecular weight excluding hydrogens is 268 g/mol. The summed E-state index contributed by atoms with van der Waals surface area (Å²) in [6, 6.07) is 5.45. The molecule has 2 N–H and O–H groups in total. The number of hydrogen-bond donors (Lipinski definition) is 1. The number of methoxy groups -OCH3 is 1. The van der Waals surface area contributed by atoms with Gasteiger partial charge in [0.05, 0.1) is 30.2 Å². The molecule has 0 aliphatic carbocycles. The summed E-state index contributed by atoms with van der Waals surface area (Å²) >= 11 is 0. The van der Waals surface area contributed by atoms with Gasteiger partial charge in [-0.1, -0.05) is 19.9 Å². The molecule has 0 aliphatic rings. The zero-order valence-electron chi connectivity index (χ0n) is 13.4. The number of ether oxygens (including phenoxy) is 2. The number of benzene rings is 1. The van der Waals surface area contributed by atoms with Crippen LogP contribution in [0.5, 0.6) is 0 Å². The Morgan fingerprint density at radius 1 is 1.38 bits per heavy atom. The van der Waals surface area contributed by atoms with Gasteiger partial charge in [-0.25, -0.2) is 4.79 Å².